The Morgan fingerprint density at radius 2 is 1.92 bits per heavy atom. The summed E-state index contributed by atoms with van der Waals surface area (Å²) < 4.78 is 10.3. The molecule has 0 aliphatic carbocycles. The fraction of sp³-hybridized carbons (Fsp3) is 0.167. The Morgan fingerprint density at radius 1 is 1.25 bits per heavy atom. The molecule has 2 aromatic carbocycles. The molecule has 2 rings (SSSR count). The van der Waals surface area contributed by atoms with Crippen LogP contribution in [0.2, 0.25) is 10.0 Å². The van der Waals surface area contributed by atoms with Crippen LogP contribution in [-0.2, 0) is 16.1 Å². The van der Waals surface area contributed by atoms with Crippen molar-refractivity contribution in [2.24, 2.45) is 0 Å². The number of aliphatic hydroxyl groups is 1. The smallest absolute Gasteiger partial charge is 0.336 e. The van der Waals surface area contributed by atoms with Crippen LogP contribution in [0.5, 0.6) is 5.75 Å². The van der Waals surface area contributed by atoms with E-state index in [2.05, 4.69) is 11.3 Å². The molecule has 0 aliphatic rings. The molecule has 24 heavy (non-hydrogen) atoms. The zero-order chi connectivity index (χ0) is 17.7. The highest BCUT2D eigenvalue weighted by Gasteiger charge is 2.24. The highest BCUT2D eigenvalue weighted by Crippen LogP contribution is 2.38. The summed E-state index contributed by atoms with van der Waals surface area (Å²) in [5, 5.41) is 11.0. The van der Waals surface area contributed by atoms with Crippen molar-refractivity contribution in [3.05, 3.63) is 75.8 Å². The molecule has 0 aliphatic heterocycles. The van der Waals surface area contributed by atoms with Gasteiger partial charge in [-0.25, -0.2) is 4.79 Å². The molecule has 126 valence electrons. The number of rotatable bonds is 6. The van der Waals surface area contributed by atoms with Crippen LogP contribution in [0.4, 0.5) is 0 Å². The minimum atomic E-state index is -1.35. The maximum atomic E-state index is 11.6. The van der Waals surface area contributed by atoms with Crippen LogP contribution in [0, 0.1) is 0 Å². The van der Waals surface area contributed by atoms with Crippen LogP contribution in [0.1, 0.15) is 17.2 Å². The van der Waals surface area contributed by atoms with E-state index in [0.29, 0.717) is 5.02 Å². The van der Waals surface area contributed by atoms with Gasteiger partial charge in [-0.05, 0) is 17.7 Å². The molecule has 0 heterocycles. The Labute approximate surface area is 150 Å². The van der Waals surface area contributed by atoms with Crippen molar-refractivity contribution in [2.75, 3.05) is 7.11 Å². The fourth-order valence-electron chi connectivity index (χ4n) is 2.10. The highest BCUT2D eigenvalue weighted by molar-refractivity contribution is 6.35. The average molecular weight is 367 g/mol. The van der Waals surface area contributed by atoms with Gasteiger partial charge in [-0.1, -0.05) is 60.1 Å². The van der Waals surface area contributed by atoms with Crippen molar-refractivity contribution in [2.45, 2.75) is 12.7 Å². The second kappa shape index (κ2) is 8.20. The number of esters is 1. The number of hydrogen-bond donors (Lipinski definition) is 1. The van der Waals surface area contributed by atoms with Gasteiger partial charge in [0.2, 0.25) is 0 Å². The summed E-state index contributed by atoms with van der Waals surface area (Å²) in [5.74, 6) is -0.491. The minimum Gasteiger partial charge on any atom is -0.487 e. The predicted octanol–water partition coefficient (Wildman–Crippen LogP) is 4.34. The van der Waals surface area contributed by atoms with Gasteiger partial charge in [0, 0.05) is 10.6 Å². The lowest BCUT2D eigenvalue weighted by Gasteiger charge is -2.19. The molecule has 0 amide bonds. The quantitative estimate of drug-likeness (QED) is 0.610. The Hall–Kier alpha value is -2.01. The van der Waals surface area contributed by atoms with Crippen LogP contribution in [0.3, 0.4) is 0 Å². The zero-order valence-corrected chi connectivity index (χ0v) is 14.5. The molecular weight excluding hydrogens is 351 g/mol. The third-order valence-corrected chi connectivity index (χ3v) is 3.83. The van der Waals surface area contributed by atoms with Gasteiger partial charge in [0.05, 0.1) is 17.7 Å². The van der Waals surface area contributed by atoms with Crippen LogP contribution < -0.4 is 4.74 Å². The Kier molecular flexibility index (Phi) is 6.26. The molecule has 0 saturated carbocycles. The summed E-state index contributed by atoms with van der Waals surface area (Å²) in [5.41, 5.74) is 1.04. The van der Waals surface area contributed by atoms with Crippen LogP contribution in [0.15, 0.2) is 54.6 Å². The second-order valence-electron chi connectivity index (χ2n) is 5.00. The molecule has 0 saturated heterocycles. The number of benzene rings is 2. The highest BCUT2D eigenvalue weighted by atomic mass is 35.5. The van der Waals surface area contributed by atoms with E-state index in [1.165, 1.54) is 19.2 Å². The van der Waals surface area contributed by atoms with Crippen molar-refractivity contribution in [3.63, 3.8) is 0 Å². The van der Waals surface area contributed by atoms with E-state index in [9.17, 15) is 9.90 Å². The molecule has 0 aromatic heterocycles. The zero-order valence-electron chi connectivity index (χ0n) is 13.0. The van der Waals surface area contributed by atoms with E-state index in [-0.39, 0.29) is 28.5 Å². The molecule has 6 heteroatoms. The number of hydrogen-bond acceptors (Lipinski definition) is 4. The minimum absolute atomic E-state index is 0.139. The monoisotopic (exact) mass is 366 g/mol. The molecule has 0 fully saturated rings. The van der Waals surface area contributed by atoms with Gasteiger partial charge in [0.15, 0.2) is 0 Å². The summed E-state index contributed by atoms with van der Waals surface area (Å²) in [6.45, 7) is 3.80. The third kappa shape index (κ3) is 4.29. The number of ether oxygens (including phenoxy) is 2. The normalized spacial score (nSPS) is 11.7. The number of halogens is 2. The van der Waals surface area contributed by atoms with E-state index in [1.54, 1.807) is 0 Å². The first-order valence-electron chi connectivity index (χ1n) is 7.05. The predicted molar refractivity (Wildman–Crippen MR) is 93.4 cm³/mol. The molecule has 4 nitrogen and oxygen atoms in total. The number of aliphatic hydroxyl groups excluding tert-OH is 1. The lowest BCUT2D eigenvalue weighted by molar-refractivity contribution is -0.137. The third-order valence-electron chi connectivity index (χ3n) is 3.34. The van der Waals surface area contributed by atoms with E-state index in [1.807, 2.05) is 30.3 Å². The van der Waals surface area contributed by atoms with E-state index >= 15 is 0 Å². The number of carbonyl (C=O) groups is 1. The number of carbonyl (C=O) groups excluding carboxylic acids is 1. The maximum absolute atomic E-state index is 11.6. The van der Waals surface area contributed by atoms with Crippen molar-refractivity contribution < 1.29 is 19.4 Å². The van der Waals surface area contributed by atoms with E-state index in [4.69, 9.17) is 27.9 Å². The summed E-state index contributed by atoms with van der Waals surface area (Å²) in [6, 6.07) is 12.4. The van der Waals surface area contributed by atoms with Gasteiger partial charge in [0.1, 0.15) is 18.5 Å². The molecule has 1 atom stereocenters. The first kappa shape index (κ1) is 18.3. The Balaban J connectivity index is 2.33. The van der Waals surface area contributed by atoms with Gasteiger partial charge in [-0.15, -0.1) is 0 Å². The van der Waals surface area contributed by atoms with Gasteiger partial charge in [-0.2, -0.15) is 0 Å². The molecule has 0 spiro atoms. The van der Waals surface area contributed by atoms with Crippen LogP contribution >= 0.6 is 23.2 Å². The lowest BCUT2D eigenvalue weighted by Crippen LogP contribution is -2.13. The van der Waals surface area contributed by atoms with Gasteiger partial charge in [-0.3, -0.25) is 0 Å². The first-order valence-corrected chi connectivity index (χ1v) is 7.80. The van der Waals surface area contributed by atoms with Crippen LogP contribution in [0.25, 0.3) is 0 Å². The average Bonchev–Trinajstić information content (AvgIpc) is 2.59. The van der Waals surface area contributed by atoms with E-state index in [0.717, 1.165) is 5.56 Å². The van der Waals surface area contributed by atoms with E-state index < -0.39 is 12.1 Å². The summed E-state index contributed by atoms with van der Waals surface area (Å²) in [6.07, 6.45) is -1.35. The van der Waals surface area contributed by atoms with Crippen molar-refractivity contribution >= 4 is 29.2 Å². The molecular formula is C18H16Cl2O4. The standard InChI is InChI=1S/C18H16Cl2O4/c1-11(18(22)23-2)16(21)14-8-13(19)9-15(20)17(14)24-10-12-6-4-3-5-7-12/h3-9,16,21H,1,10H2,2H3. The first-order chi connectivity index (χ1) is 11.4. The summed E-state index contributed by atoms with van der Waals surface area (Å²) in [4.78, 5) is 11.6. The second-order valence-corrected chi connectivity index (χ2v) is 5.84. The van der Waals surface area contributed by atoms with Gasteiger partial charge >= 0.3 is 5.97 Å². The molecule has 1 unspecified atom stereocenters. The molecule has 1 N–H and O–H groups in total. The van der Waals surface area contributed by atoms with Crippen molar-refractivity contribution in [1.29, 1.82) is 0 Å². The lowest BCUT2D eigenvalue weighted by atomic mass is 10.0. The van der Waals surface area contributed by atoms with Crippen LogP contribution in [-0.4, -0.2) is 18.2 Å². The topological polar surface area (TPSA) is 55.8 Å². The maximum Gasteiger partial charge on any atom is 0.336 e. The fourth-order valence-corrected chi connectivity index (χ4v) is 2.66. The Morgan fingerprint density at radius 3 is 2.54 bits per heavy atom. The van der Waals surface area contributed by atoms with Crippen molar-refractivity contribution in [1.82, 2.24) is 0 Å². The molecule has 0 radical (unpaired) electrons. The summed E-state index contributed by atoms with van der Waals surface area (Å²) in [7, 11) is 1.21. The van der Waals surface area contributed by atoms with Crippen molar-refractivity contribution in [3.8, 4) is 5.75 Å². The molecule has 0 bridgehead atoms. The largest absolute Gasteiger partial charge is 0.487 e. The SMILES string of the molecule is C=C(C(=O)OC)C(O)c1cc(Cl)cc(Cl)c1OCc1ccccc1. The summed E-state index contributed by atoms with van der Waals surface area (Å²) >= 11 is 12.2. The molecule has 2 aromatic rings. The van der Waals surface area contributed by atoms with Gasteiger partial charge in [0.25, 0.3) is 0 Å². The number of methoxy groups -OCH3 is 1. The Bertz CT molecular complexity index is 744. The van der Waals surface area contributed by atoms with Gasteiger partial charge < -0.3 is 14.6 Å².